The molecular weight excluding hydrogens is 172 g/mol. The summed E-state index contributed by atoms with van der Waals surface area (Å²) in [7, 11) is 0. The molecular formula is C12H20N2. The summed E-state index contributed by atoms with van der Waals surface area (Å²) < 4.78 is 0. The minimum Gasteiger partial charge on any atom is -0.321 e. The number of hydrogen-bond donors (Lipinski definition) is 1. The highest BCUT2D eigenvalue weighted by Crippen LogP contribution is 2.24. The Labute approximate surface area is 86.5 Å². The van der Waals surface area contributed by atoms with Gasteiger partial charge in [-0.1, -0.05) is 20.8 Å². The van der Waals surface area contributed by atoms with Crippen LogP contribution in [-0.2, 0) is 11.0 Å². The minimum absolute atomic E-state index is 0.156. The highest BCUT2D eigenvalue weighted by molar-refractivity contribution is 5.26. The van der Waals surface area contributed by atoms with Gasteiger partial charge in [0.1, 0.15) is 0 Å². The molecule has 1 heterocycles. The van der Waals surface area contributed by atoms with Crippen molar-refractivity contribution in [1.82, 2.24) is 4.98 Å². The standard InChI is InChI=1S/C12H20N2/c1-11(2,3)9-6-7-14-10(8-9)12(4,5)13/h6-8H,13H2,1-5H3. The van der Waals surface area contributed by atoms with Gasteiger partial charge in [-0.05, 0) is 37.0 Å². The lowest BCUT2D eigenvalue weighted by atomic mass is 9.86. The molecule has 0 aliphatic heterocycles. The number of aromatic nitrogens is 1. The molecule has 2 heteroatoms. The quantitative estimate of drug-likeness (QED) is 0.742. The van der Waals surface area contributed by atoms with E-state index < -0.39 is 0 Å². The molecule has 0 aromatic carbocycles. The zero-order valence-corrected chi connectivity index (χ0v) is 9.76. The van der Waals surface area contributed by atoms with Crippen LogP contribution in [-0.4, -0.2) is 4.98 Å². The Morgan fingerprint density at radius 1 is 1.14 bits per heavy atom. The van der Waals surface area contributed by atoms with Gasteiger partial charge in [-0.2, -0.15) is 0 Å². The van der Waals surface area contributed by atoms with Crippen molar-refractivity contribution in [3.05, 3.63) is 29.6 Å². The minimum atomic E-state index is -0.360. The predicted molar refractivity (Wildman–Crippen MR) is 60.2 cm³/mol. The molecule has 0 saturated carbocycles. The zero-order valence-electron chi connectivity index (χ0n) is 9.76. The van der Waals surface area contributed by atoms with Crippen molar-refractivity contribution >= 4 is 0 Å². The summed E-state index contributed by atoms with van der Waals surface area (Å²) in [5.41, 5.74) is 8.03. The van der Waals surface area contributed by atoms with E-state index in [9.17, 15) is 0 Å². The first-order valence-electron chi connectivity index (χ1n) is 4.97. The summed E-state index contributed by atoms with van der Waals surface area (Å²) >= 11 is 0. The monoisotopic (exact) mass is 192 g/mol. The summed E-state index contributed by atoms with van der Waals surface area (Å²) in [6.45, 7) is 10.5. The van der Waals surface area contributed by atoms with Crippen molar-refractivity contribution in [2.45, 2.75) is 45.6 Å². The fourth-order valence-corrected chi connectivity index (χ4v) is 1.25. The van der Waals surface area contributed by atoms with E-state index in [2.05, 4.69) is 37.9 Å². The van der Waals surface area contributed by atoms with Crippen LogP contribution >= 0.6 is 0 Å². The molecule has 14 heavy (non-hydrogen) atoms. The highest BCUT2D eigenvalue weighted by Gasteiger charge is 2.19. The maximum Gasteiger partial charge on any atom is 0.0599 e. The van der Waals surface area contributed by atoms with Crippen LogP contribution in [0.25, 0.3) is 0 Å². The van der Waals surface area contributed by atoms with E-state index in [0.717, 1.165) is 5.69 Å². The van der Waals surface area contributed by atoms with E-state index in [1.54, 1.807) is 0 Å². The lowest BCUT2D eigenvalue weighted by Crippen LogP contribution is -2.30. The van der Waals surface area contributed by atoms with Crippen LogP contribution in [0.15, 0.2) is 18.3 Å². The van der Waals surface area contributed by atoms with E-state index in [1.165, 1.54) is 5.56 Å². The maximum atomic E-state index is 6.01. The Hall–Kier alpha value is -0.890. The SMILES string of the molecule is CC(C)(C)c1ccnc(C(C)(C)N)c1. The van der Waals surface area contributed by atoms with E-state index in [4.69, 9.17) is 5.73 Å². The van der Waals surface area contributed by atoms with Gasteiger partial charge in [0.15, 0.2) is 0 Å². The summed E-state index contributed by atoms with van der Waals surface area (Å²) in [5.74, 6) is 0. The van der Waals surface area contributed by atoms with Crippen LogP contribution in [0.4, 0.5) is 0 Å². The van der Waals surface area contributed by atoms with E-state index >= 15 is 0 Å². The molecule has 0 radical (unpaired) electrons. The van der Waals surface area contributed by atoms with Gasteiger partial charge in [0.05, 0.1) is 11.2 Å². The number of nitrogens with two attached hydrogens (primary N) is 1. The van der Waals surface area contributed by atoms with Crippen LogP contribution in [0.1, 0.15) is 45.9 Å². The van der Waals surface area contributed by atoms with Crippen molar-refractivity contribution in [2.75, 3.05) is 0 Å². The normalized spacial score (nSPS) is 13.0. The second kappa shape index (κ2) is 3.35. The molecule has 1 rings (SSSR count). The average Bonchev–Trinajstić information content (AvgIpc) is 2.01. The highest BCUT2D eigenvalue weighted by atomic mass is 14.8. The maximum absolute atomic E-state index is 6.01. The summed E-state index contributed by atoms with van der Waals surface area (Å²) in [6, 6.07) is 4.15. The molecule has 0 amide bonds. The molecule has 0 fully saturated rings. The van der Waals surface area contributed by atoms with Gasteiger partial charge in [-0.25, -0.2) is 0 Å². The number of nitrogens with zero attached hydrogens (tertiary/aromatic N) is 1. The smallest absolute Gasteiger partial charge is 0.0599 e. The van der Waals surface area contributed by atoms with Gasteiger partial charge < -0.3 is 5.73 Å². The van der Waals surface area contributed by atoms with Crippen molar-refractivity contribution in [1.29, 1.82) is 0 Å². The third-order valence-corrected chi connectivity index (χ3v) is 2.29. The first-order valence-corrected chi connectivity index (χ1v) is 4.97. The van der Waals surface area contributed by atoms with E-state index in [1.807, 2.05) is 20.0 Å². The molecule has 0 spiro atoms. The first-order chi connectivity index (χ1) is 6.21. The van der Waals surface area contributed by atoms with Crippen molar-refractivity contribution in [2.24, 2.45) is 5.73 Å². The lowest BCUT2D eigenvalue weighted by Gasteiger charge is -2.23. The second-order valence-corrected chi connectivity index (χ2v) is 5.40. The van der Waals surface area contributed by atoms with Gasteiger partial charge in [0, 0.05) is 6.20 Å². The molecule has 0 bridgehead atoms. The predicted octanol–water partition coefficient (Wildman–Crippen LogP) is 2.57. The summed E-state index contributed by atoms with van der Waals surface area (Å²) in [6.07, 6.45) is 1.84. The second-order valence-electron chi connectivity index (χ2n) is 5.40. The average molecular weight is 192 g/mol. The molecule has 0 aliphatic carbocycles. The Bertz CT molecular complexity index is 287. The number of pyridine rings is 1. The molecule has 1 aromatic rings. The van der Waals surface area contributed by atoms with Crippen molar-refractivity contribution in [3.8, 4) is 0 Å². The van der Waals surface area contributed by atoms with Crippen LogP contribution in [0.2, 0.25) is 0 Å². The number of hydrogen-bond acceptors (Lipinski definition) is 2. The first kappa shape index (κ1) is 11.2. The van der Waals surface area contributed by atoms with E-state index in [0.29, 0.717) is 0 Å². The van der Waals surface area contributed by atoms with Gasteiger partial charge in [0.2, 0.25) is 0 Å². The van der Waals surface area contributed by atoms with Gasteiger partial charge in [-0.15, -0.1) is 0 Å². The van der Waals surface area contributed by atoms with Crippen LogP contribution < -0.4 is 5.73 Å². The third-order valence-electron chi connectivity index (χ3n) is 2.29. The molecule has 78 valence electrons. The molecule has 1 aromatic heterocycles. The number of rotatable bonds is 1. The van der Waals surface area contributed by atoms with Gasteiger partial charge in [0.25, 0.3) is 0 Å². The van der Waals surface area contributed by atoms with Gasteiger partial charge >= 0.3 is 0 Å². The van der Waals surface area contributed by atoms with E-state index in [-0.39, 0.29) is 11.0 Å². The Morgan fingerprint density at radius 3 is 2.14 bits per heavy atom. The molecule has 0 saturated heterocycles. The third kappa shape index (κ3) is 2.55. The molecule has 0 unspecified atom stereocenters. The molecule has 0 aliphatic rings. The molecule has 2 nitrogen and oxygen atoms in total. The zero-order chi connectivity index (χ0) is 11.0. The van der Waals surface area contributed by atoms with Crippen molar-refractivity contribution < 1.29 is 0 Å². The molecule has 0 atom stereocenters. The topological polar surface area (TPSA) is 38.9 Å². The van der Waals surface area contributed by atoms with Crippen LogP contribution in [0, 0.1) is 0 Å². The van der Waals surface area contributed by atoms with Gasteiger partial charge in [-0.3, -0.25) is 4.98 Å². The summed E-state index contributed by atoms with van der Waals surface area (Å²) in [5, 5.41) is 0. The van der Waals surface area contributed by atoms with Crippen LogP contribution in [0.5, 0.6) is 0 Å². The fraction of sp³-hybridized carbons (Fsp3) is 0.583. The largest absolute Gasteiger partial charge is 0.321 e. The Morgan fingerprint density at radius 2 is 1.71 bits per heavy atom. The fourth-order valence-electron chi connectivity index (χ4n) is 1.25. The summed E-state index contributed by atoms with van der Waals surface area (Å²) in [4.78, 5) is 4.30. The van der Waals surface area contributed by atoms with Crippen LogP contribution in [0.3, 0.4) is 0 Å². The Kier molecular flexibility index (Phi) is 2.68. The molecule has 2 N–H and O–H groups in total. The lowest BCUT2D eigenvalue weighted by molar-refractivity contribution is 0.526. The Balaban J connectivity index is 3.15. The van der Waals surface area contributed by atoms with Crippen molar-refractivity contribution in [3.63, 3.8) is 0 Å².